The van der Waals surface area contributed by atoms with E-state index in [1.807, 2.05) is 6.07 Å². The predicted molar refractivity (Wildman–Crippen MR) is 101 cm³/mol. The van der Waals surface area contributed by atoms with Gasteiger partial charge >= 0.3 is 6.18 Å². The van der Waals surface area contributed by atoms with E-state index in [2.05, 4.69) is 15.0 Å². The largest absolute Gasteiger partial charge is 0.417 e. The number of nitrogens with zero attached hydrogens (tertiary/aromatic N) is 4. The first-order valence-corrected chi connectivity index (χ1v) is 9.17. The number of halogens is 3. The standard InChI is InChI=1S/C20H18F3N5O/c21-20(22,23)14-9-15(27-18-16(14)17(24)25-11-26-18)13-7-4-8-28(10-13)19(29)12-5-2-1-3-6-12/h1-3,5-6,9,11,13H,4,7-8,10H2,(H2,24,25,26,27)/t13-/m0/s1. The van der Waals surface area contributed by atoms with Crippen molar-refractivity contribution in [2.45, 2.75) is 24.9 Å². The second kappa shape index (κ2) is 7.31. The maximum atomic E-state index is 13.7. The first-order valence-electron chi connectivity index (χ1n) is 9.17. The zero-order valence-corrected chi connectivity index (χ0v) is 15.4. The zero-order chi connectivity index (χ0) is 20.6. The van der Waals surface area contributed by atoms with Gasteiger partial charge in [-0.2, -0.15) is 13.2 Å². The SMILES string of the molecule is Nc1ncnc2nc([C@H]3CCCN(C(=O)c4ccccc4)C3)cc(C(F)(F)F)c12. The third-order valence-electron chi connectivity index (χ3n) is 5.11. The lowest BCUT2D eigenvalue weighted by Gasteiger charge is -2.33. The van der Waals surface area contributed by atoms with Crippen LogP contribution in [0.5, 0.6) is 0 Å². The Labute approximate surface area is 164 Å². The number of aromatic nitrogens is 3. The average Bonchev–Trinajstić information content (AvgIpc) is 2.73. The number of likely N-dealkylation sites (tertiary alicyclic amines) is 1. The summed E-state index contributed by atoms with van der Waals surface area (Å²) >= 11 is 0. The minimum Gasteiger partial charge on any atom is -0.383 e. The Kier molecular flexibility index (Phi) is 4.81. The fourth-order valence-electron chi connectivity index (χ4n) is 3.71. The van der Waals surface area contributed by atoms with Gasteiger partial charge in [0.05, 0.1) is 10.9 Å². The molecule has 2 N–H and O–H groups in total. The van der Waals surface area contributed by atoms with Crippen LogP contribution in [0, 0.1) is 0 Å². The number of fused-ring (bicyclic) bond motifs is 1. The predicted octanol–water partition coefficient (Wildman–Crippen LogP) is 3.65. The van der Waals surface area contributed by atoms with E-state index in [4.69, 9.17) is 5.73 Å². The van der Waals surface area contributed by atoms with E-state index >= 15 is 0 Å². The Morgan fingerprint density at radius 2 is 1.93 bits per heavy atom. The van der Waals surface area contributed by atoms with Gasteiger partial charge in [-0.1, -0.05) is 18.2 Å². The molecule has 1 aromatic carbocycles. The molecule has 150 valence electrons. The molecular formula is C20H18F3N5O. The highest BCUT2D eigenvalue weighted by Gasteiger charge is 2.36. The first kappa shape index (κ1) is 19.1. The van der Waals surface area contributed by atoms with Gasteiger partial charge in [0.25, 0.3) is 5.91 Å². The summed E-state index contributed by atoms with van der Waals surface area (Å²) in [6.45, 7) is 0.850. The summed E-state index contributed by atoms with van der Waals surface area (Å²) in [7, 11) is 0. The second-order valence-corrected chi connectivity index (χ2v) is 7.01. The summed E-state index contributed by atoms with van der Waals surface area (Å²) < 4.78 is 41.0. The van der Waals surface area contributed by atoms with Gasteiger partial charge in [-0.25, -0.2) is 15.0 Å². The highest BCUT2D eigenvalue weighted by Crippen LogP contribution is 2.38. The molecule has 1 aliphatic rings. The molecule has 0 spiro atoms. The summed E-state index contributed by atoms with van der Waals surface area (Å²) in [5.41, 5.74) is 5.48. The number of rotatable bonds is 2. The lowest BCUT2D eigenvalue weighted by molar-refractivity contribution is -0.136. The Morgan fingerprint density at radius 1 is 1.17 bits per heavy atom. The smallest absolute Gasteiger partial charge is 0.383 e. The summed E-state index contributed by atoms with van der Waals surface area (Å²) in [5, 5.41) is -0.295. The third-order valence-corrected chi connectivity index (χ3v) is 5.11. The Hall–Kier alpha value is -3.23. The summed E-state index contributed by atoms with van der Waals surface area (Å²) in [6, 6.07) is 9.84. The summed E-state index contributed by atoms with van der Waals surface area (Å²) in [6.07, 6.45) is -2.21. The van der Waals surface area contributed by atoms with E-state index in [1.165, 1.54) is 0 Å². The first-order chi connectivity index (χ1) is 13.8. The van der Waals surface area contributed by atoms with Crippen molar-refractivity contribution >= 4 is 22.8 Å². The molecular weight excluding hydrogens is 383 g/mol. The van der Waals surface area contributed by atoms with Crippen LogP contribution in [0.25, 0.3) is 11.0 Å². The van der Waals surface area contributed by atoms with E-state index in [9.17, 15) is 18.0 Å². The Bertz CT molecular complexity index is 1060. The molecule has 0 unspecified atom stereocenters. The number of hydrogen-bond donors (Lipinski definition) is 1. The van der Waals surface area contributed by atoms with Gasteiger partial charge in [0.1, 0.15) is 12.1 Å². The van der Waals surface area contributed by atoms with Gasteiger partial charge in [-0.05, 0) is 31.0 Å². The van der Waals surface area contributed by atoms with Crippen molar-refractivity contribution < 1.29 is 18.0 Å². The highest BCUT2D eigenvalue weighted by atomic mass is 19.4. The maximum absolute atomic E-state index is 13.7. The van der Waals surface area contributed by atoms with Gasteiger partial charge in [-0.3, -0.25) is 4.79 Å². The fraction of sp³-hybridized carbons (Fsp3) is 0.300. The van der Waals surface area contributed by atoms with E-state index < -0.39 is 11.7 Å². The van der Waals surface area contributed by atoms with Gasteiger partial charge in [-0.15, -0.1) is 0 Å². The number of nitrogens with two attached hydrogens (primary N) is 1. The van der Waals surface area contributed by atoms with Crippen LogP contribution >= 0.6 is 0 Å². The number of piperidine rings is 1. The average molecular weight is 401 g/mol. The molecule has 1 fully saturated rings. The van der Waals surface area contributed by atoms with E-state index in [1.54, 1.807) is 29.2 Å². The number of hydrogen-bond acceptors (Lipinski definition) is 5. The molecule has 2 aromatic heterocycles. The zero-order valence-electron chi connectivity index (χ0n) is 15.4. The molecule has 0 saturated carbocycles. The van der Waals surface area contributed by atoms with Crippen LogP contribution in [-0.4, -0.2) is 38.8 Å². The second-order valence-electron chi connectivity index (χ2n) is 7.01. The molecule has 0 aliphatic carbocycles. The number of anilines is 1. The molecule has 1 saturated heterocycles. The molecule has 9 heteroatoms. The topological polar surface area (TPSA) is 85.0 Å². The summed E-state index contributed by atoms with van der Waals surface area (Å²) in [4.78, 5) is 26.3. The van der Waals surface area contributed by atoms with Crippen molar-refractivity contribution in [2.75, 3.05) is 18.8 Å². The monoisotopic (exact) mass is 401 g/mol. The van der Waals surface area contributed by atoms with Crippen molar-refractivity contribution in [3.05, 3.63) is 59.5 Å². The minimum atomic E-state index is -4.62. The number of amides is 1. The molecule has 0 bridgehead atoms. The van der Waals surface area contributed by atoms with Crippen molar-refractivity contribution in [1.29, 1.82) is 0 Å². The van der Waals surface area contributed by atoms with Crippen molar-refractivity contribution in [3.8, 4) is 0 Å². The van der Waals surface area contributed by atoms with Crippen molar-refractivity contribution in [1.82, 2.24) is 19.9 Å². The van der Waals surface area contributed by atoms with Crippen LogP contribution in [0.1, 0.15) is 40.4 Å². The van der Waals surface area contributed by atoms with E-state index in [0.717, 1.165) is 12.4 Å². The number of nitrogen functional groups attached to an aromatic ring is 1. The van der Waals surface area contributed by atoms with Gasteiger partial charge < -0.3 is 10.6 Å². The fourth-order valence-corrected chi connectivity index (χ4v) is 3.71. The van der Waals surface area contributed by atoms with Crippen molar-refractivity contribution in [2.24, 2.45) is 0 Å². The lowest BCUT2D eigenvalue weighted by Crippen LogP contribution is -2.39. The number of carbonyl (C=O) groups excluding carboxylic acids is 1. The van der Waals surface area contributed by atoms with E-state index in [-0.39, 0.29) is 34.4 Å². The lowest BCUT2D eigenvalue weighted by atomic mass is 9.92. The van der Waals surface area contributed by atoms with Gasteiger partial charge in [0.2, 0.25) is 0 Å². The van der Waals surface area contributed by atoms with Crippen LogP contribution in [0.2, 0.25) is 0 Å². The quantitative estimate of drug-likeness (QED) is 0.709. The third kappa shape index (κ3) is 3.72. The molecule has 6 nitrogen and oxygen atoms in total. The molecule has 3 heterocycles. The molecule has 1 aliphatic heterocycles. The summed E-state index contributed by atoms with van der Waals surface area (Å²) in [5.74, 6) is -0.720. The Morgan fingerprint density at radius 3 is 2.66 bits per heavy atom. The molecule has 1 atom stereocenters. The van der Waals surface area contributed by atoms with E-state index in [0.29, 0.717) is 31.5 Å². The van der Waals surface area contributed by atoms with Crippen LogP contribution < -0.4 is 5.73 Å². The van der Waals surface area contributed by atoms with Crippen molar-refractivity contribution in [3.63, 3.8) is 0 Å². The normalized spacial score (nSPS) is 17.5. The van der Waals surface area contributed by atoms with Crippen LogP contribution in [0.15, 0.2) is 42.7 Å². The number of benzene rings is 1. The number of pyridine rings is 1. The minimum absolute atomic E-state index is 0.0890. The number of alkyl halides is 3. The number of carbonyl (C=O) groups is 1. The van der Waals surface area contributed by atoms with Gasteiger partial charge in [0, 0.05) is 30.3 Å². The highest BCUT2D eigenvalue weighted by molar-refractivity contribution is 5.94. The molecule has 3 aromatic rings. The van der Waals surface area contributed by atoms with Gasteiger partial charge in [0.15, 0.2) is 5.65 Å². The molecule has 4 rings (SSSR count). The van der Waals surface area contributed by atoms with Crippen LogP contribution in [0.3, 0.4) is 0 Å². The molecule has 1 amide bonds. The molecule has 0 radical (unpaired) electrons. The van der Waals surface area contributed by atoms with Crippen LogP contribution in [-0.2, 0) is 6.18 Å². The Balaban J connectivity index is 1.70. The van der Waals surface area contributed by atoms with Crippen LogP contribution in [0.4, 0.5) is 19.0 Å². The maximum Gasteiger partial charge on any atom is 0.417 e. The molecule has 29 heavy (non-hydrogen) atoms.